The van der Waals surface area contributed by atoms with Crippen molar-refractivity contribution in [1.29, 1.82) is 0 Å². The molecule has 0 saturated carbocycles. The molecule has 1 aromatic heterocycles. The average molecular weight is 419 g/mol. The zero-order valence-corrected chi connectivity index (χ0v) is 16.1. The summed E-state index contributed by atoms with van der Waals surface area (Å²) in [6.45, 7) is 0. The number of phenols is 2. The fourth-order valence-corrected chi connectivity index (χ4v) is 4.03. The Balaban J connectivity index is 1.76. The van der Waals surface area contributed by atoms with Gasteiger partial charge in [-0.1, -0.05) is 36.4 Å². The van der Waals surface area contributed by atoms with Gasteiger partial charge in [0.25, 0.3) is 0 Å². The Kier molecular flexibility index (Phi) is 4.25. The Morgan fingerprint density at radius 3 is 2.23 bits per heavy atom. The molecule has 0 atom stereocenters. The molecule has 3 nitrogen and oxygen atoms in total. The Morgan fingerprint density at radius 1 is 0.742 bits per heavy atom. The highest BCUT2D eigenvalue weighted by molar-refractivity contribution is 5.86. The van der Waals surface area contributed by atoms with Gasteiger partial charge in [-0.05, 0) is 53.1 Å². The molecule has 2 N–H and O–H groups in total. The number of aromatic nitrogens is 1. The molecule has 0 amide bonds. The van der Waals surface area contributed by atoms with E-state index in [0.717, 1.165) is 39.9 Å². The molecule has 0 aliphatic heterocycles. The van der Waals surface area contributed by atoms with Crippen LogP contribution in [0.3, 0.4) is 0 Å². The van der Waals surface area contributed by atoms with E-state index in [2.05, 4.69) is 0 Å². The SMILES string of the molecule is Oc1ccc(-c2cc(-c3cccc(C(F)(F)F)c3)nc3c2Cc2c(O)cccc2-3)cc1. The van der Waals surface area contributed by atoms with E-state index < -0.39 is 11.7 Å². The topological polar surface area (TPSA) is 53.4 Å². The van der Waals surface area contributed by atoms with Crippen molar-refractivity contribution in [2.24, 2.45) is 0 Å². The average Bonchev–Trinajstić information content (AvgIpc) is 3.13. The Labute approximate surface area is 176 Å². The minimum Gasteiger partial charge on any atom is -0.508 e. The summed E-state index contributed by atoms with van der Waals surface area (Å²) in [5.41, 5.74) is 4.66. The molecule has 1 aliphatic carbocycles. The third kappa shape index (κ3) is 3.30. The lowest BCUT2D eigenvalue weighted by Gasteiger charge is -2.14. The maximum atomic E-state index is 13.3. The summed E-state index contributed by atoms with van der Waals surface area (Å²) in [6.07, 6.45) is -3.99. The Hall–Kier alpha value is -3.80. The maximum absolute atomic E-state index is 13.3. The molecule has 31 heavy (non-hydrogen) atoms. The number of hydrogen-bond acceptors (Lipinski definition) is 3. The molecule has 0 radical (unpaired) electrons. The van der Waals surface area contributed by atoms with E-state index in [0.29, 0.717) is 23.4 Å². The monoisotopic (exact) mass is 419 g/mol. The summed E-state index contributed by atoms with van der Waals surface area (Å²) < 4.78 is 39.8. The van der Waals surface area contributed by atoms with E-state index in [1.165, 1.54) is 6.07 Å². The largest absolute Gasteiger partial charge is 0.508 e. The zero-order valence-electron chi connectivity index (χ0n) is 16.1. The smallest absolute Gasteiger partial charge is 0.416 e. The van der Waals surface area contributed by atoms with Crippen LogP contribution in [0.2, 0.25) is 0 Å². The normalized spacial score (nSPS) is 12.5. The molecule has 154 valence electrons. The van der Waals surface area contributed by atoms with E-state index in [-0.39, 0.29) is 11.5 Å². The summed E-state index contributed by atoms with van der Waals surface area (Å²) in [4.78, 5) is 4.71. The van der Waals surface area contributed by atoms with Crippen molar-refractivity contribution in [2.45, 2.75) is 12.6 Å². The van der Waals surface area contributed by atoms with Crippen LogP contribution in [-0.2, 0) is 12.6 Å². The summed E-state index contributed by atoms with van der Waals surface area (Å²) in [6, 6.07) is 18.7. The predicted molar refractivity (Wildman–Crippen MR) is 112 cm³/mol. The van der Waals surface area contributed by atoms with Gasteiger partial charge in [0.05, 0.1) is 17.0 Å². The third-order valence-electron chi connectivity index (χ3n) is 5.55. The van der Waals surface area contributed by atoms with Gasteiger partial charge in [-0.25, -0.2) is 4.98 Å². The van der Waals surface area contributed by atoms with Crippen molar-refractivity contribution in [3.8, 4) is 45.1 Å². The fraction of sp³-hybridized carbons (Fsp3) is 0.0800. The van der Waals surface area contributed by atoms with Crippen molar-refractivity contribution in [3.63, 3.8) is 0 Å². The van der Waals surface area contributed by atoms with Gasteiger partial charge in [0, 0.05) is 23.1 Å². The number of hydrogen-bond donors (Lipinski definition) is 2. The molecule has 0 saturated heterocycles. The molecule has 1 heterocycles. The van der Waals surface area contributed by atoms with E-state index >= 15 is 0 Å². The predicted octanol–water partition coefficient (Wildman–Crippen LogP) is 6.42. The Morgan fingerprint density at radius 2 is 1.48 bits per heavy atom. The first kappa shape index (κ1) is 19.2. The highest BCUT2D eigenvalue weighted by Crippen LogP contribution is 2.45. The van der Waals surface area contributed by atoms with Crippen LogP contribution in [0.4, 0.5) is 13.2 Å². The summed E-state index contributed by atoms with van der Waals surface area (Å²) in [5.74, 6) is 0.279. The second-order valence-electron chi connectivity index (χ2n) is 7.49. The van der Waals surface area contributed by atoms with Crippen LogP contribution in [0, 0.1) is 0 Å². The van der Waals surface area contributed by atoms with Crippen LogP contribution in [0.1, 0.15) is 16.7 Å². The van der Waals surface area contributed by atoms with Crippen LogP contribution in [0.5, 0.6) is 11.5 Å². The van der Waals surface area contributed by atoms with E-state index in [4.69, 9.17) is 4.98 Å². The molecular formula is C25H16F3NO2. The lowest BCUT2D eigenvalue weighted by molar-refractivity contribution is -0.137. The van der Waals surface area contributed by atoms with Gasteiger partial charge in [-0.15, -0.1) is 0 Å². The molecule has 0 unspecified atom stereocenters. The van der Waals surface area contributed by atoms with Crippen molar-refractivity contribution < 1.29 is 23.4 Å². The first-order valence-electron chi connectivity index (χ1n) is 9.63. The van der Waals surface area contributed by atoms with E-state index in [9.17, 15) is 23.4 Å². The van der Waals surface area contributed by atoms with Crippen LogP contribution in [0.15, 0.2) is 72.8 Å². The van der Waals surface area contributed by atoms with Gasteiger partial charge < -0.3 is 10.2 Å². The van der Waals surface area contributed by atoms with Gasteiger partial charge in [-0.3, -0.25) is 0 Å². The Bertz CT molecular complexity index is 1310. The van der Waals surface area contributed by atoms with Crippen molar-refractivity contribution >= 4 is 0 Å². The third-order valence-corrected chi connectivity index (χ3v) is 5.55. The molecule has 6 heteroatoms. The van der Waals surface area contributed by atoms with Gasteiger partial charge in [0.1, 0.15) is 11.5 Å². The minimum absolute atomic E-state index is 0.119. The molecule has 1 aliphatic rings. The number of halogens is 3. The number of alkyl halides is 3. The van der Waals surface area contributed by atoms with Crippen LogP contribution < -0.4 is 0 Å². The van der Waals surface area contributed by atoms with Gasteiger partial charge in [-0.2, -0.15) is 13.2 Å². The molecule has 3 aromatic carbocycles. The van der Waals surface area contributed by atoms with Gasteiger partial charge >= 0.3 is 6.18 Å². The number of aromatic hydroxyl groups is 2. The summed E-state index contributed by atoms with van der Waals surface area (Å²) in [5, 5.41) is 20.0. The highest BCUT2D eigenvalue weighted by Gasteiger charge is 2.31. The molecule has 0 spiro atoms. The maximum Gasteiger partial charge on any atom is 0.416 e. The standard InChI is InChI=1S/C25H16F3NO2/c26-25(27,28)16-4-1-3-15(11-16)22-13-19(14-7-9-17(30)10-8-14)21-12-20-18(24(21)29-22)5-2-6-23(20)31/h1-11,13,30-31H,12H2. The van der Waals surface area contributed by atoms with Crippen LogP contribution in [-0.4, -0.2) is 15.2 Å². The minimum atomic E-state index is -4.45. The van der Waals surface area contributed by atoms with Gasteiger partial charge in [0.2, 0.25) is 0 Å². The lowest BCUT2D eigenvalue weighted by atomic mass is 9.95. The second-order valence-corrected chi connectivity index (χ2v) is 7.49. The van der Waals surface area contributed by atoms with Crippen LogP contribution >= 0.6 is 0 Å². The molecule has 5 rings (SSSR count). The van der Waals surface area contributed by atoms with Crippen molar-refractivity contribution in [2.75, 3.05) is 0 Å². The summed E-state index contributed by atoms with van der Waals surface area (Å²) in [7, 11) is 0. The number of fused-ring (bicyclic) bond motifs is 3. The number of phenolic OH excluding ortho intramolecular Hbond substituents is 2. The second kappa shape index (κ2) is 6.87. The molecule has 0 bridgehead atoms. The summed E-state index contributed by atoms with van der Waals surface area (Å²) >= 11 is 0. The van der Waals surface area contributed by atoms with Crippen molar-refractivity contribution in [1.82, 2.24) is 4.98 Å². The first-order valence-corrected chi connectivity index (χ1v) is 9.63. The lowest BCUT2D eigenvalue weighted by Crippen LogP contribution is -2.04. The van der Waals surface area contributed by atoms with E-state index in [1.807, 2.05) is 6.07 Å². The highest BCUT2D eigenvalue weighted by atomic mass is 19.4. The molecular weight excluding hydrogens is 403 g/mol. The van der Waals surface area contributed by atoms with E-state index in [1.54, 1.807) is 48.5 Å². The van der Waals surface area contributed by atoms with Gasteiger partial charge in [0.15, 0.2) is 0 Å². The molecule has 0 fully saturated rings. The zero-order chi connectivity index (χ0) is 21.8. The first-order chi connectivity index (χ1) is 14.8. The quantitative estimate of drug-likeness (QED) is 0.347. The fourth-order valence-electron chi connectivity index (χ4n) is 4.03. The van der Waals surface area contributed by atoms with Crippen molar-refractivity contribution in [3.05, 3.63) is 89.5 Å². The molecule has 4 aromatic rings. The number of benzene rings is 3. The van der Waals surface area contributed by atoms with Crippen LogP contribution in [0.25, 0.3) is 33.6 Å². The number of nitrogens with zero attached hydrogens (tertiary/aromatic N) is 1. The number of rotatable bonds is 2. The number of pyridine rings is 1.